The number of fused-ring (bicyclic) bond motifs is 1. The Balaban J connectivity index is 1.25. The van der Waals surface area contributed by atoms with E-state index in [9.17, 15) is 13.2 Å². The van der Waals surface area contributed by atoms with Gasteiger partial charge < -0.3 is 9.80 Å². The number of aromatic nitrogens is 5. The van der Waals surface area contributed by atoms with Crippen LogP contribution in [0, 0.1) is 0 Å². The second-order valence-corrected chi connectivity index (χ2v) is 9.01. The second kappa shape index (κ2) is 6.83. The molecule has 3 aromatic heterocycles. The minimum atomic E-state index is -4.44. The molecule has 150 valence electrons. The highest BCUT2D eigenvalue weighted by Gasteiger charge is 2.36. The van der Waals surface area contributed by atoms with Gasteiger partial charge in [-0.2, -0.15) is 13.2 Å². The lowest BCUT2D eigenvalue weighted by atomic mass is 10.1. The van der Waals surface area contributed by atoms with Crippen LogP contribution in [0.15, 0.2) is 6.20 Å². The summed E-state index contributed by atoms with van der Waals surface area (Å²) >= 11 is 2.16. The van der Waals surface area contributed by atoms with E-state index in [2.05, 4.69) is 20.2 Å². The Morgan fingerprint density at radius 2 is 1.61 bits per heavy atom. The van der Waals surface area contributed by atoms with E-state index in [1.54, 1.807) is 11.3 Å². The van der Waals surface area contributed by atoms with Crippen LogP contribution in [0.25, 0.3) is 4.96 Å². The average Bonchev–Trinajstić information content (AvgIpc) is 3.43. The van der Waals surface area contributed by atoms with Crippen molar-refractivity contribution in [2.75, 3.05) is 36.0 Å². The summed E-state index contributed by atoms with van der Waals surface area (Å²) < 4.78 is 40.0. The number of rotatable bonds is 3. The van der Waals surface area contributed by atoms with E-state index in [0.717, 1.165) is 15.8 Å². The number of alkyl halides is 3. The van der Waals surface area contributed by atoms with E-state index >= 15 is 0 Å². The first kappa shape index (κ1) is 18.1. The van der Waals surface area contributed by atoms with Crippen molar-refractivity contribution in [3.63, 3.8) is 0 Å². The fourth-order valence-corrected chi connectivity index (χ4v) is 5.50. The maximum Gasteiger partial charge on any atom is 0.445 e. The highest BCUT2D eigenvalue weighted by atomic mass is 32.1. The highest BCUT2D eigenvalue weighted by Crippen LogP contribution is 2.36. The van der Waals surface area contributed by atoms with Gasteiger partial charge in [0.2, 0.25) is 20.2 Å². The first-order valence-electron chi connectivity index (χ1n) is 9.24. The molecule has 0 unspecified atom stereocenters. The summed E-state index contributed by atoms with van der Waals surface area (Å²) in [7, 11) is 0. The molecule has 0 N–H and O–H groups in total. The standard InChI is InChI=1S/C16H18F3N7S2/c17-16(18,19)12-21-22-14(27-12)24-5-7-25(8-6-24)15-23-26-9-11(20-13(26)28-15)10-3-1-2-4-10/h9-10H,1-8H2. The lowest BCUT2D eigenvalue weighted by molar-refractivity contribution is -0.138. The van der Waals surface area contributed by atoms with Gasteiger partial charge in [-0.3, -0.25) is 0 Å². The molecule has 1 saturated carbocycles. The molecule has 1 saturated heterocycles. The molecule has 3 aromatic rings. The van der Waals surface area contributed by atoms with E-state index < -0.39 is 11.2 Å². The van der Waals surface area contributed by atoms with Crippen molar-refractivity contribution < 1.29 is 13.2 Å². The van der Waals surface area contributed by atoms with Crippen LogP contribution in [0.5, 0.6) is 0 Å². The molecule has 0 bridgehead atoms. The zero-order valence-corrected chi connectivity index (χ0v) is 16.5. The number of halogens is 3. The molecular formula is C16H18F3N7S2. The molecule has 7 nitrogen and oxygen atoms in total. The molecule has 5 rings (SSSR count). The average molecular weight is 429 g/mol. The Hall–Kier alpha value is -1.95. The Morgan fingerprint density at radius 3 is 2.21 bits per heavy atom. The minimum Gasteiger partial charge on any atom is -0.343 e. The SMILES string of the molecule is FC(F)(F)c1nnc(N2CCN(c3nn4cc(C5CCCC5)nc4s3)CC2)s1. The fourth-order valence-electron chi connectivity index (χ4n) is 3.80. The van der Waals surface area contributed by atoms with Crippen LogP contribution < -0.4 is 9.80 Å². The summed E-state index contributed by atoms with van der Waals surface area (Å²) in [5.74, 6) is 0.564. The molecule has 0 radical (unpaired) electrons. The molecule has 28 heavy (non-hydrogen) atoms. The van der Waals surface area contributed by atoms with Crippen molar-refractivity contribution in [2.45, 2.75) is 37.8 Å². The van der Waals surface area contributed by atoms with Gasteiger partial charge in [-0.1, -0.05) is 35.5 Å². The summed E-state index contributed by atoms with van der Waals surface area (Å²) in [6, 6.07) is 0. The molecule has 1 aliphatic carbocycles. The Kier molecular flexibility index (Phi) is 4.42. The summed E-state index contributed by atoms with van der Waals surface area (Å²) in [5, 5.41) is 12.0. The maximum absolute atomic E-state index is 12.7. The maximum atomic E-state index is 12.7. The van der Waals surface area contributed by atoms with Gasteiger partial charge in [-0.05, 0) is 12.8 Å². The van der Waals surface area contributed by atoms with Crippen molar-refractivity contribution in [1.29, 1.82) is 0 Å². The summed E-state index contributed by atoms with van der Waals surface area (Å²) in [6.07, 6.45) is 2.57. The van der Waals surface area contributed by atoms with Gasteiger partial charge in [0, 0.05) is 32.1 Å². The van der Waals surface area contributed by atoms with Crippen LogP contribution in [-0.2, 0) is 6.18 Å². The first-order chi connectivity index (χ1) is 13.5. The van der Waals surface area contributed by atoms with Crippen molar-refractivity contribution in [1.82, 2.24) is 24.8 Å². The van der Waals surface area contributed by atoms with Gasteiger partial charge in [-0.15, -0.1) is 15.3 Å². The van der Waals surface area contributed by atoms with Crippen LogP contribution in [0.2, 0.25) is 0 Å². The van der Waals surface area contributed by atoms with Crippen LogP contribution in [0.1, 0.15) is 42.3 Å². The quantitative estimate of drug-likeness (QED) is 0.634. The predicted molar refractivity (Wildman–Crippen MR) is 101 cm³/mol. The molecule has 0 atom stereocenters. The third kappa shape index (κ3) is 3.32. The Bertz CT molecular complexity index is 933. The molecule has 2 aliphatic rings. The number of nitrogens with zero attached hydrogens (tertiary/aromatic N) is 7. The van der Waals surface area contributed by atoms with E-state index in [-0.39, 0.29) is 0 Å². The van der Waals surface area contributed by atoms with Crippen molar-refractivity contribution in [3.05, 3.63) is 16.9 Å². The van der Waals surface area contributed by atoms with Crippen molar-refractivity contribution >= 4 is 37.9 Å². The summed E-state index contributed by atoms with van der Waals surface area (Å²) in [4.78, 5) is 9.66. The van der Waals surface area contributed by atoms with Gasteiger partial charge in [0.1, 0.15) is 0 Å². The lowest BCUT2D eigenvalue weighted by Crippen LogP contribution is -2.46. The number of piperazine rings is 1. The molecular weight excluding hydrogens is 411 g/mol. The van der Waals surface area contributed by atoms with Crippen LogP contribution in [0.4, 0.5) is 23.4 Å². The molecule has 1 aliphatic heterocycles. The van der Waals surface area contributed by atoms with Gasteiger partial charge in [-0.25, -0.2) is 9.50 Å². The smallest absolute Gasteiger partial charge is 0.343 e. The number of hydrogen-bond acceptors (Lipinski definition) is 8. The molecule has 2 fully saturated rings. The van der Waals surface area contributed by atoms with Crippen molar-refractivity contribution in [3.8, 4) is 0 Å². The van der Waals surface area contributed by atoms with E-state index in [1.807, 2.05) is 15.6 Å². The number of hydrogen-bond donors (Lipinski definition) is 0. The van der Waals surface area contributed by atoms with Gasteiger partial charge in [0.15, 0.2) is 0 Å². The summed E-state index contributed by atoms with van der Waals surface area (Å²) in [6.45, 7) is 2.52. The third-order valence-corrected chi connectivity index (χ3v) is 7.31. The largest absolute Gasteiger partial charge is 0.445 e. The molecule has 12 heteroatoms. The van der Waals surface area contributed by atoms with Gasteiger partial charge in [0.25, 0.3) is 0 Å². The van der Waals surface area contributed by atoms with E-state index in [1.165, 1.54) is 25.7 Å². The lowest BCUT2D eigenvalue weighted by Gasteiger charge is -2.33. The normalized spacial score (nSPS) is 19.2. The molecule has 0 aromatic carbocycles. The van der Waals surface area contributed by atoms with Crippen LogP contribution in [-0.4, -0.2) is 51.0 Å². The van der Waals surface area contributed by atoms with E-state index in [0.29, 0.717) is 48.6 Å². The monoisotopic (exact) mass is 429 g/mol. The second-order valence-electron chi connectivity index (χ2n) is 7.12. The third-order valence-electron chi connectivity index (χ3n) is 5.30. The van der Waals surface area contributed by atoms with Gasteiger partial charge >= 0.3 is 6.18 Å². The number of imidazole rings is 1. The topological polar surface area (TPSA) is 62.5 Å². The van der Waals surface area contributed by atoms with Crippen LogP contribution >= 0.6 is 22.7 Å². The Morgan fingerprint density at radius 1 is 0.929 bits per heavy atom. The minimum absolute atomic E-state index is 0.321. The molecule has 0 spiro atoms. The van der Waals surface area contributed by atoms with Gasteiger partial charge in [0.05, 0.1) is 11.9 Å². The first-order valence-corrected chi connectivity index (χ1v) is 10.9. The van der Waals surface area contributed by atoms with E-state index in [4.69, 9.17) is 4.98 Å². The predicted octanol–water partition coefficient (Wildman–Crippen LogP) is 3.65. The Labute approximate surface area is 166 Å². The molecule has 0 amide bonds. The summed E-state index contributed by atoms with van der Waals surface area (Å²) in [5.41, 5.74) is 1.14. The highest BCUT2D eigenvalue weighted by molar-refractivity contribution is 7.20. The zero-order chi connectivity index (χ0) is 19.3. The number of anilines is 2. The zero-order valence-electron chi connectivity index (χ0n) is 14.9. The van der Waals surface area contributed by atoms with Crippen LogP contribution in [0.3, 0.4) is 0 Å². The molecule has 4 heterocycles. The fraction of sp³-hybridized carbons (Fsp3) is 0.625. The van der Waals surface area contributed by atoms with Crippen molar-refractivity contribution in [2.24, 2.45) is 0 Å².